The molecule has 0 saturated heterocycles. The Morgan fingerprint density at radius 2 is 2.05 bits per heavy atom. The van der Waals surface area contributed by atoms with E-state index >= 15 is 0 Å². The third-order valence-electron chi connectivity index (χ3n) is 2.83. The van der Waals surface area contributed by atoms with Crippen LogP contribution in [0.3, 0.4) is 0 Å². The van der Waals surface area contributed by atoms with Crippen LogP contribution in [0.1, 0.15) is 25.3 Å². The van der Waals surface area contributed by atoms with Crippen LogP contribution < -0.4 is 9.62 Å². The van der Waals surface area contributed by atoms with Gasteiger partial charge in [0.15, 0.2) is 0 Å². The molecule has 0 aliphatic heterocycles. The minimum Gasteiger partial charge on any atom is -0.356 e. The number of sulfonamides is 1. The molecule has 0 bridgehead atoms. The summed E-state index contributed by atoms with van der Waals surface area (Å²) in [6.45, 7) is 4.66. The van der Waals surface area contributed by atoms with Gasteiger partial charge in [0.2, 0.25) is 15.9 Å². The van der Waals surface area contributed by atoms with Crippen molar-refractivity contribution in [2.75, 3.05) is 23.7 Å². The van der Waals surface area contributed by atoms with Gasteiger partial charge in [-0.2, -0.15) is 0 Å². The lowest BCUT2D eigenvalue weighted by Gasteiger charge is -2.22. The highest BCUT2D eigenvalue weighted by Gasteiger charge is 2.17. The van der Waals surface area contributed by atoms with Crippen molar-refractivity contribution in [3.63, 3.8) is 0 Å². The smallest absolute Gasteiger partial charge is 0.232 e. The Balaban J connectivity index is 2.75. The second-order valence-corrected chi connectivity index (χ2v) is 6.64. The zero-order valence-electron chi connectivity index (χ0n) is 12.2. The van der Waals surface area contributed by atoms with E-state index in [1.807, 2.05) is 32.0 Å². The largest absolute Gasteiger partial charge is 0.356 e. The van der Waals surface area contributed by atoms with Crippen molar-refractivity contribution in [3.8, 4) is 0 Å². The van der Waals surface area contributed by atoms with Crippen LogP contribution in [-0.2, 0) is 14.8 Å². The Morgan fingerprint density at radius 3 is 2.60 bits per heavy atom. The lowest BCUT2D eigenvalue weighted by Crippen LogP contribution is -2.32. The maximum absolute atomic E-state index is 11.9. The normalized spacial score (nSPS) is 11.2. The lowest BCUT2D eigenvalue weighted by molar-refractivity contribution is -0.121. The van der Waals surface area contributed by atoms with Crippen LogP contribution in [-0.4, -0.2) is 33.7 Å². The predicted molar refractivity (Wildman–Crippen MR) is 81.3 cm³/mol. The number of rotatable bonds is 7. The summed E-state index contributed by atoms with van der Waals surface area (Å²) in [6.07, 6.45) is 2.00. The Labute approximate surface area is 121 Å². The standard InChI is InChI=1S/C14H22N2O3S/c1-4-15-14(17)9-6-10-16(20(3,18)19)13-8-5-7-12(2)11-13/h5,7-8,11H,4,6,9-10H2,1-3H3,(H,15,17). The van der Waals surface area contributed by atoms with Crippen LogP contribution in [0.25, 0.3) is 0 Å². The molecule has 1 N–H and O–H groups in total. The number of anilines is 1. The first-order valence-electron chi connectivity index (χ1n) is 6.65. The number of benzene rings is 1. The van der Waals surface area contributed by atoms with E-state index in [1.54, 1.807) is 6.07 Å². The molecule has 0 aliphatic rings. The maximum Gasteiger partial charge on any atom is 0.232 e. The number of nitrogens with one attached hydrogen (secondary N) is 1. The first-order valence-corrected chi connectivity index (χ1v) is 8.50. The van der Waals surface area contributed by atoms with Gasteiger partial charge in [0.05, 0.1) is 11.9 Å². The highest BCUT2D eigenvalue weighted by Crippen LogP contribution is 2.19. The molecule has 1 aromatic rings. The van der Waals surface area contributed by atoms with Crippen molar-refractivity contribution in [1.82, 2.24) is 5.32 Å². The molecule has 0 aliphatic carbocycles. The first-order chi connectivity index (χ1) is 9.34. The van der Waals surface area contributed by atoms with Crippen molar-refractivity contribution in [1.29, 1.82) is 0 Å². The Bertz CT molecular complexity index is 555. The number of nitrogens with zero attached hydrogens (tertiary/aromatic N) is 1. The van der Waals surface area contributed by atoms with Gasteiger partial charge in [-0.1, -0.05) is 12.1 Å². The second-order valence-electron chi connectivity index (χ2n) is 4.73. The molecule has 0 heterocycles. The highest BCUT2D eigenvalue weighted by molar-refractivity contribution is 7.92. The van der Waals surface area contributed by atoms with E-state index in [0.717, 1.165) is 5.56 Å². The number of carbonyl (C=O) groups is 1. The molecule has 1 aromatic carbocycles. The molecule has 0 fully saturated rings. The summed E-state index contributed by atoms with van der Waals surface area (Å²) in [4.78, 5) is 11.4. The summed E-state index contributed by atoms with van der Waals surface area (Å²) in [5, 5.41) is 2.70. The van der Waals surface area contributed by atoms with E-state index in [4.69, 9.17) is 0 Å². The number of aryl methyl sites for hydroxylation is 1. The van der Waals surface area contributed by atoms with Gasteiger partial charge in [-0.05, 0) is 38.0 Å². The van der Waals surface area contributed by atoms with Gasteiger partial charge in [0, 0.05) is 19.5 Å². The van der Waals surface area contributed by atoms with E-state index in [9.17, 15) is 13.2 Å². The average molecular weight is 298 g/mol. The topological polar surface area (TPSA) is 66.5 Å². The van der Waals surface area contributed by atoms with Crippen LogP contribution >= 0.6 is 0 Å². The highest BCUT2D eigenvalue weighted by atomic mass is 32.2. The van der Waals surface area contributed by atoms with E-state index in [0.29, 0.717) is 31.6 Å². The predicted octanol–water partition coefficient (Wildman–Crippen LogP) is 1.68. The maximum atomic E-state index is 11.9. The molecule has 5 nitrogen and oxygen atoms in total. The molecule has 112 valence electrons. The van der Waals surface area contributed by atoms with E-state index in [2.05, 4.69) is 5.32 Å². The molecule has 1 amide bonds. The SMILES string of the molecule is CCNC(=O)CCCN(c1cccc(C)c1)S(C)(=O)=O. The van der Waals surface area contributed by atoms with Gasteiger partial charge >= 0.3 is 0 Å². The van der Waals surface area contributed by atoms with Crippen LogP contribution in [0.5, 0.6) is 0 Å². The molecule has 0 saturated carbocycles. The summed E-state index contributed by atoms with van der Waals surface area (Å²) >= 11 is 0. The monoisotopic (exact) mass is 298 g/mol. The molecule has 0 atom stereocenters. The fourth-order valence-electron chi connectivity index (χ4n) is 1.94. The lowest BCUT2D eigenvalue weighted by atomic mass is 10.2. The quantitative estimate of drug-likeness (QED) is 0.833. The van der Waals surface area contributed by atoms with Crippen molar-refractivity contribution in [2.24, 2.45) is 0 Å². The minimum atomic E-state index is -3.34. The number of hydrogen-bond donors (Lipinski definition) is 1. The van der Waals surface area contributed by atoms with Crippen LogP contribution in [0.4, 0.5) is 5.69 Å². The molecular weight excluding hydrogens is 276 g/mol. The molecule has 0 spiro atoms. The Kier molecular flexibility index (Phi) is 6.01. The van der Waals surface area contributed by atoms with Gasteiger partial charge in [0.25, 0.3) is 0 Å². The molecule has 6 heteroatoms. The molecule has 0 aromatic heterocycles. The van der Waals surface area contributed by atoms with E-state index in [1.165, 1.54) is 10.6 Å². The molecular formula is C14H22N2O3S. The fourth-order valence-corrected chi connectivity index (χ4v) is 2.90. The van der Waals surface area contributed by atoms with Crippen molar-refractivity contribution in [2.45, 2.75) is 26.7 Å². The van der Waals surface area contributed by atoms with Gasteiger partial charge in [0.1, 0.15) is 0 Å². The van der Waals surface area contributed by atoms with Crippen molar-refractivity contribution < 1.29 is 13.2 Å². The van der Waals surface area contributed by atoms with Crippen LogP contribution in [0, 0.1) is 6.92 Å². The first kappa shape index (κ1) is 16.5. The van der Waals surface area contributed by atoms with Crippen LogP contribution in [0.2, 0.25) is 0 Å². The molecule has 20 heavy (non-hydrogen) atoms. The third-order valence-corrected chi connectivity index (χ3v) is 4.02. The average Bonchev–Trinajstić information content (AvgIpc) is 2.33. The van der Waals surface area contributed by atoms with Gasteiger partial charge in [-0.25, -0.2) is 8.42 Å². The zero-order valence-corrected chi connectivity index (χ0v) is 13.0. The van der Waals surface area contributed by atoms with E-state index in [-0.39, 0.29) is 5.91 Å². The number of carbonyl (C=O) groups excluding carboxylic acids is 1. The van der Waals surface area contributed by atoms with Gasteiger partial charge in [-0.15, -0.1) is 0 Å². The summed E-state index contributed by atoms with van der Waals surface area (Å²) < 4.78 is 25.1. The zero-order chi connectivity index (χ0) is 15.2. The summed E-state index contributed by atoms with van der Waals surface area (Å²) in [5.74, 6) is -0.0507. The molecule has 0 unspecified atom stereocenters. The van der Waals surface area contributed by atoms with Gasteiger partial charge < -0.3 is 5.32 Å². The summed E-state index contributed by atoms with van der Waals surface area (Å²) in [6, 6.07) is 7.33. The molecule has 1 rings (SSSR count). The molecule has 0 radical (unpaired) electrons. The van der Waals surface area contributed by atoms with Crippen LogP contribution in [0.15, 0.2) is 24.3 Å². The van der Waals surface area contributed by atoms with E-state index < -0.39 is 10.0 Å². The second kappa shape index (κ2) is 7.28. The minimum absolute atomic E-state index is 0.0507. The summed E-state index contributed by atoms with van der Waals surface area (Å²) in [7, 11) is -3.34. The number of amides is 1. The van der Waals surface area contributed by atoms with Crippen molar-refractivity contribution >= 4 is 21.6 Å². The Hall–Kier alpha value is -1.56. The summed E-state index contributed by atoms with van der Waals surface area (Å²) in [5.41, 5.74) is 1.64. The fraction of sp³-hybridized carbons (Fsp3) is 0.500. The van der Waals surface area contributed by atoms with Gasteiger partial charge in [-0.3, -0.25) is 9.10 Å². The number of hydrogen-bond acceptors (Lipinski definition) is 3. The third kappa shape index (κ3) is 5.21. The van der Waals surface area contributed by atoms with Crippen molar-refractivity contribution in [3.05, 3.63) is 29.8 Å². The Morgan fingerprint density at radius 1 is 1.35 bits per heavy atom.